The molecule has 0 heterocycles. The molecule has 23 heavy (non-hydrogen) atoms. The van der Waals surface area contributed by atoms with E-state index in [1.165, 1.54) is 23.6 Å². The van der Waals surface area contributed by atoms with Crippen molar-refractivity contribution >= 4 is 5.97 Å². The predicted octanol–water partition coefficient (Wildman–Crippen LogP) is 4.33. The highest BCUT2D eigenvalue weighted by Crippen LogP contribution is 2.55. The van der Waals surface area contributed by atoms with Gasteiger partial charge in [-0.2, -0.15) is 0 Å². The first-order valence-electron chi connectivity index (χ1n) is 8.68. The first-order valence-corrected chi connectivity index (χ1v) is 8.68. The fourth-order valence-electron chi connectivity index (χ4n) is 5.23. The van der Waals surface area contributed by atoms with Crippen molar-refractivity contribution in [1.82, 2.24) is 0 Å². The van der Waals surface area contributed by atoms with Gasteiger partial charge >= 0.3 is 5.97 Å². The number of methoxy groups -OCH3 is 1. The minimum atomic E-state index is -0.353. The molecule has 1 saturated carbocycles. The van der Waals surface area contributed by atoms with Crippen LogP contribution in [0.1, 0.15) is 63.1 Å². The van der Waals surface area contributed by atoms with E-state index in [-0.39, 0.29) is 17.0 Å². The molecule has 1 unspecified atom stereocenters. The van der Waals surface area contributed by atoms with Crippen LogP contribution in [0.15, 0.2) is 12.1 Å². The molecule has 2 aliphatic carbocycles. The highest BCUT2D eigenvalue weighted by molar-refractivity contribution is 5.66. The molecular formula is C20H28O3. The van der Waals surface area contributed by atoms with Gasteiger partial charge in [-0.15, -0.1) is 0 Å². The van der Waals surface area contributed by atoms with Crippen LogP contribution in [-0.2, 0) is 21.4 Å². The normalized spacial score (nSPS) is 32.7. The number of hydrogen-bond acceptors (Lipinski definition) is 3. The van der Waals surface area contributed by atoms with Gasteiger partial charge in [0.2, 0.25) is 0 Å². The third-order valence-electron chi connectivity index (χ3n) is 6.19. The number of hydrogen-bond donors (Lipinski definition) is 0. The summed E-state index contributed by atoms with van der Waals surface area (Å²) in [4.78, 5) is 11.6. The average molecular weight is 316 g/mol. The lowest BCUT2D eigenvalue weighted by Crippen LogP contribution is -2.54. The van der Waals surface area contributed by atoms with Crippen molar-refractivity contribution in [3.63, 3.8) is 0 Å². The molecule has 3 heteroatoms. The largest absolute Gasteiger partial charge is 0.496 e. The molecule has 0 aromatic heterocycles. The van der Waals surface area contributed by atoms with Crippen molar-refractivity contribution in [3.05, 3.63) is 28.8 Å². The third-order valence-corrected chi connectivity index (χ3v) is 6.19. The zero-order valence-corrected chi connectivity index (χ0v) is 15.0. The molecule has 0 bridgehead atoms. The van der Waals surface area contributed by atoms with Gasteiger partial charge in [0.25, 0.3) is 0 Å². The molecule has 0 amide bonds. The van der Waals surface area contributed by atoms with Gasteiger partial charge in [0.15, 0.2) is 0 Å². The molecule has 0 saturated heterocycles. The Hall–Kier alpha value is -1.51. The maximum Gasteiger partial charge on any atom is 0.303 e. The number of esters is 1. The number of carbonyl (C=O) groups is 1. The van der Waals surface area contributed by atoms with Crippen molar-refractivity contribution in [1.29, 1.82) is 0 Å². The van der Waals surface area contributed by atoms with Gasteiger partial charge in [-0.3, -0.25) is 4.79 Å². The molecule has 1 fully saturated rings. The van der Waals surface area contributed by atoms with E-state index in [9.17, 15) is 4.79 Å². The standard InChI is InChI=1S/C20H28O3/c1-13-11-15-7-8-18-19(3,16(15)12-17(13)22-5)9-6-10-20(18,4)23-14(2)21/h11-12,18H,6-10H2,1-5H3/t18?,19-,20-/m1/s1. The number of fused-ring (bicyclic) bond motifs is 3. The van der Waals surface area contributed by atoms with Crippen molar-refractivity contribution < 1.29 is 14.3 Å². The summed E-state index contributed by atoms with van der Waals surface area (Å²) in [6, 6.07) is 4.52. The van der Waals surface area contributed by atoms with Gasteiger partial charge in [-0.25, -0.2) is 0 Å². The second kappa shape index (κ2) is 5.54. The molecule has 1 aromatic carbocycles. The molecule has 2 aliphatic rings. The van der Waals surface area contributed by atoms with E-state index in [4.69, 9.17) is 9.47 Å². The van der Waals surface area contributed by atoms with Crippen LogP contribution < -0.4 is 4.74 Å². The molecule has 0 N–H and O–H groups in total. The topological polar surface area (TPSA) is 35.5 Å². The number of rotatable bonds is 2. The van der Waals surface area contributed by atoms with Gasteiger partial charge in [0.1, 0.15) is 11.4 Å². The smallest absolute Gasteiger partial charge is 0.303 e. The summed E-state index contributed by atoms with van der Waals surface area (Å²) in [6.07, 6.45) is 5.33. The zero-order chi connectivity index (χ0) is 16.8. The summed E-state index contributed by atoms with van der Waals surface area (Å²) in [6.45, 7) is 8.12. The van der Waals surface area contributed by atoms with E-state index in [1.54, 1.807) is 7.11 Å². The highest BCUT2D eigenvalue weighted by Gasteiger charge is 2.53. The summed E-state index contributed by atoms with van der Waals surface area (Å²) in [5.74, 6) is 1.17. The zero-order valence-electron chi connectivity index (χ0n) is 15.0. The molecule has 0 aliphatic heterocycles. The molecular weight excluding hydrogens is 288 g/mol. The van der Waals surface area contributed by atoms with Gasteiger partial charge in [0, 0.05) is 12.8 Å². The Kier molecular flexibility index (Phi) is 3.94. The van der Waals surface area contributed by atoms with Crippen LogP contribution in [0.3, 0.4) is 0 Å². The summed E-state index contributed by atoms with van der Waals surface area (Å²) < 4.78 is 11.4. The second-order valence-electron chi connectivity index (χ2n) is 7.75. The summed E-state index contributed by atoms with van der Waals surface area (Å²) in [5, 5.41) is 0. The van der Waals surface area contributed by atoms with E-state index in [1.807, 2.05) is 0 Å². The molecule has 0 spiro atoms. The minimum Gasteiger partial charge on any atom is -0.496 e. The Morgan fingerprint density at radius 3 is 2.65 bits per heavy atom. The first kappa shape index (κ1) is 16.4. The fourth-order valence-corrected chi connectivity index (χ4v) is 5.23. The predicted molar refractivity (Wildman–Crippen MR) is 90.9 cm³/mol. The van der Waals surface area contributed by atoms with Gasteiger partial charge < -0.3 is 9.47 Å². The lowest BCUT2D eigenvalue weighted by molar-refractivity contribution is -0.171. The maximum atomic E-state index is 11.6. The Labute approximate surface area is 139 Å². The average Bonchev–Trinajstić information content (AvgIpc) is 2.45. The van der Waals surface area contributed by atoms with E-state index in [0.29, 0.717) is 5.92 Å². The molecule has 126 valence electrons. The summed E-state index contributed by atoms with van der Waals surface area (Å²) >= 11 is 0. The Balaban J connectivity index is 2.08. The van der Waals surface area contributed by atoms with E-state index >= 15 is 0 Å². The van der Waals surface area contributed by atoms with Crippen molar-refractivity contribution in [2.75, 3.05) is 7.11 Å². The first-order chi connectivity index (χ1) is 10.8. The van der Waals surface area contributed by atoms with Crippen LogP contribution in [0.2, 0.25) is 0 Å². The van der Waals surface area contributed by atoms with Crippen LogP contribution in [0.25, 0.3) is 0 Å². The second-order valence-corrected chi connectivity index (χ2v) is 7.75. The van der Waals surface area contributed by atoms with Gasteiger partial charge in [0.05, 0.1) is 7.11 Å². The van der Waals surface area contributed by atoms with Crippen molar-refractivity contribution in [2.45, 2.75) is 70.8 Å². The molecule has 3 atom stereocenters. The Bertz CT molecular complexity index is 636. The van der Waals surface area contributed by atoms with Crippen LogP contribution >= 0.6 is 0 Å². The molecule has 3 rings (SSSR count). The van der Waals surface area contributed by atoms with Crippen LogP contribution in [-0.4, -0.2) is 18.7 Å². The molecule has 0 radical (unpaired) electrons. The Morgan fingerprint density at radius 2 is 2.00 bits per heavy atom. The number of benzene rings is 1. The number of carbonyl (C=O) groups excluding carboxylic acids is 1. The molecule has 3 nitrogen and oxygen atoms in total. The van der Waals surface area contributed by atoms with E-state index in [2.05, 4.69) is 32.9 Å². The maximum absolute atomic E-state index is 11.6. The van der Waals surface area contributed by atoms with Gasteiger partial charge in [-0.05, 0) is 74.1 Å². The Morgan fingerprint density at radius 1 is 1.26 bits per heavy atom. The van der Waals surface area contributed by atoms with Crippen molar-refractivity contribution in [3.8, 4) is 5.75 Å². The summed E-state index contributed by atoms with van der Waals surface area (Å²) in [5.41, 5.74) is 3.74. The van der Waals surface area contributed by atoms with Crippen LogP contribution in [0, 0.1) is 12.8 Å². The lowest BCUT2D eigenvalue weighted by Gasteiger charge is -2.54. The molecule has 1 aromatic rings. The summed E-state index contributed by atoms with van der Waals surface area (Å²) in [7, 11) is 1.74. The SMILES string of the molecule is COc1cc2c(cc1C)CCC1[C@](C)(OC(C)=O)CCC[C@]21C. The third kappa shape index (κ3) is 2.54. The number of ether oxygens (including phenoxy) is 2. The lowest BCUT2D eigenvalue weighted by atomic mass is 9.53. The van der Waals surface area contributed by atoms with Gasteiger partial charge in [-0.1, -0.05) is 13.0 Å². The van der Waals surface area contributed by atoms with E-state index in [0.717, 1.165) is 37.9 Å². The monoisotopic (exact) mass is 316 g/mol. The van der Waals surface area contributed by atoms with E-state index < -0.39 is 0 Å². The van der Waals surface area contributed by atoms with Crippen LogP contribution in [0.4, 0.5) is 0 Å². The van der Waals surface area contributed by atoms with Crippen molar-refractivity contribution in [2.24, 2.45) is 5.92 Å². The number of aryl methyl sites for hydroxylation is 2. The quantitative estimate of drug-likeness (QED) is 0.762. The highest BCUT2D eigenvalue weighted by atomic mass is 16.6. The van der Waals surface area contributed by atoms with Crippen LogP contribution in [0.5, 0.6) is 5.75 Å². The minimum absolute atomic E-state index is 0.0526. The fraction of sp³-hybridized carbons (Fsp3) is 0.650.